The quantitative estimate of drug-likeness (QED) is 0.295. The van der Waals surface area contributed by atoms with Crippen molar-refractivity contribution < 1.29 is 48.7 Å². The van der Waals surface area contributed by atoms with E-state index in [0.29, 0.717) is 5.41 Å². The molecule has 4 aliphatic carbocycles. The molecule has 5 unspecified atom stereocenters. The molecule has 196 valence electrons. The molecule has 0 heterocycles. The summed E-state index contributed by atoms with van der Waals surface area (Å²) < 4.78 is 1.56. The third-order valence-corrected chi connectivity index (χ3v) is 9.45. The Morgan fingerprint density at radius 1 is 0.972 bits per heavy atom. The molecule has 0 amide bonds. The van der Waals surface area contributed by atoms with E-state index >= 15 is 0 Å². The minimum Gasteiger partial charge on any atom is -1.00 e. The maximum Gasteiger partial charge on any atom is -0.172 e. The fourth-order valence-corrected chi connectivity index (χ4v) is 7.33. The van der Waals surface area contributed by atoms with E-state index in [0.717, 1.165) is 29.6 Å². The molecule has 2 saturated carbocycles. The topological polar surface area (TPSA) is 0 Å². The molecule has 5 atom stereocenters. The second-order valence-electron chi connectivity index (χ2n) is 12.0. The van der Waals surface area contributed by atoms with E-state index in [1.54, 1.807) is 20.3 Å². The van der Waals surface area contributed by atoms with Gasteiger partial charge in [-0.3, -0.25) is 0 Å². The predicted octanol–water partition coefficient (Wildman–Crippen LogP) is 2.88. The summed E-state index contributed by atoms with van der Waals surface area (Å²) in [5.74, 6) is 6.00. The van der Waals surface area contributed by atoms with Gasteiger partial charge in [0.1, 0.15) is 0 Å². The van der Waals surface area contributed by atoms with E-state index in [1.807, 2.05) is 41.5 Å². The van der Waals surface area contributed by atoms with E-state index in [9.17, 15) is 0 Å². The number of rotatable bonds is 0. The molecular formula is C33H44Cl2Hf-2. The van der Waals surface area contributed by atoms with Crippen molar-refractivity contribution in [3.05, 3.63) is 82.8 Å². The van der Waals surface area contributed by atoms with Gasteiger partial charge in [-0.1, -0.05) is 99.1 Å². The Bertz CT molecular complexity index is 981. The van der Waals surface area contributed by atoms with Crippen molar-refractivity contribution in [3.63, 3.8) is 0 Å². The fraction of sp³-hybridized carbons (Fsp3) is 0.545. The summed E-state index contributed by atoms with van der Waals surface area (Å²) in [6, 6.07) is 19.4. The van der Waals surface area contributed by atoms with Crippen LogP contribution in [0.15, 0.2) is 65.7 Å². The second-order valence-corrected chi connectivity index (χ2v) is 15.5. The maximum atomic E-state index is 2.51. The van der Waals surface area contributed by atoms with Gasteiger partial charge in [0.15, 0.2) is 0 Å². The van der Waals surface area contributed by atoms with E-state index < -0.39 is 0 Å². The molecule has 0 nitrogen and oxygen atoms in total. The Labute approximate surface area is 248 Å². The number of halogens is 2. The van der Waals surface area contributed by atoms with Gasteiger partial charge in [0, 0.05) is 0 Å². The van der Waals surface area contributed by atoms with Crippen LogP contribution in [0.1, 0.15) is 90.7 Å². The van der Waals surface area contributed by atoms with Crippen molar-refractivity contribution in [3.8, 4) is 0 Å². The Hall–Kier alpha value is -0.500. The average molecular weight is 690 g/mol. The number of hydrogen-bond donors (Lipinski definition) is 0. The van der Waals surface area contributed by atoms with Crippen molar-refractivity contribution >= 4 is 3.26 Å². The summed E-state index contributed by atoms with van der Waals surface area (Å²) >= 11 is 1.27. The normalized spacial score (nSPS) is 28.8. The first-order valence-corrected chi connectivity index (χ1v) is 15.4. The molecule has 0 aliphatic heterocycles. The summed E-state index contributed by atoms with van der Waals surface area (Å²) in [5, 5.41) is 0. The van der Waals surface area contributed by atoms with Gasteiger partial charge in [-0.2, -0.15) is 18.2 Å². The third-order valence-electron chi connectivity index (χ3n) is 9.45. The van der Waals surface area contributed by atoms with Gasteiger partial charge < -0.3 is 24.8 Å². The summed E-state index contributed by atoms with van der Waals surface area (Å²) in [5.41, 5.74) is 7.35. The van der Waals surface area contributed by atoms with Crippen LogP contribution in [-0.4, -0.2) is 3.26 Å². The first-order chi connectivity index (χ1) is 16.2. The van der Waals surface area contributed by atoms with Gasteiger partial charge in [-0.25, -0.2) is 29.2 Å². The molecule has 0 N–H and O–H groups in total. The Morgan fingerprint density at radius 3 is 2.14 bits per heavy atom. The van der Waals surface area contributed by atoms with Gasteiger partial charge >= 0.3 is 41.0 Å². The van der Waals surface area contributed by atoms with Crippen LogP contribution in [0, 0.1) is 35.0 Å². The summed E-state index contributed by atoms with van der Waals surface area (Å²) in [6.45, 7) is 14.3. The van der Waals surface area contributed by atoms with Gasteiger partial charge in [0.25, 0.3) is 0 Å². The van der Waals surface area contributed by atoms with Crippen LogP contribution in [0.3, 0.4) is 0 Å². The van der Waals surface area contributed by atoms with Crippen LogP contribution in [0.4, 0.5) is 0 Å². The standard InChI is InChI=1S/C25H33.C5H5.C3H6.2ClH.Hf/c1-15-13-21-19-11-7-8-12-20(19)24-18-10-6-5-9-17(18)14-22(24)23(21)16(2)25(15,3)4;1-2-4-5-3-1;1-3-2;;;/h5-6,9-10,15,19-21,24H,7-8,11-14H2,1-4H3;1-5H;1-2H3;2*1H;/q2*-1;;;;+2/p-2. The largest absolute Gasteiger partial charge is 1.00 e. The molecule has 2 aromatic carbocycles. The molecule has 2 aromatic rings. The molecule has 0 saturated heterocycles. The molecule has 6 rings (SSSR count). The minimum atomic E-state index is 0. The van der Waals surface area contributed by atoms with Crippen molar-refractivity contribution in [2.24, 2.45) is 29.1 Å². The molecular weight excluding hydrogens is 646 g/mol. The van der Waals surface area contributed by atoms with Gasteiger partial charge in [-0.15, -0.1) is 6.92 Å². The maximum absolute atomic E-state index is 2.51. The third kappa shape index (κ3) is 6.38. The fourth-order valence-electron chi connectivity index (χ4n) is 7.33. The first-order valence-electron chi connectivity index (χ1n) is 13.6. The van der Waals surface area contributed by atoms with Crippen LogP contribution in [0.5, 0.6) is 0 Å². The first kappa shape index (κ1) is 31.7. The van der Waals surface area contributed by atoms with Crippen LogP contribution >= 0.6 is 0 Å². The monoisotopic (exact) mass is 690 g/mol. The van der Waals surface area contributed by atoms with Gasteiger partial charge in [-0.05, 0) is 30.6 Å². The predicted molar refractivity (Wildman–Crippen MR) is 144 cm³/mol. The summed E-state index contributed by atoms with van der Waals surface area (Å²) in [6.07, 6.45) is 8.52. The molecule has 2 fully saturated rings. The van der Waals surface area contributed by atoms with Crippen molar-refractivity contribution in [1.82, 2.24) is 0 Å². The number of fused-ring (bicyclic) bond motifs is 7. The molecule has 4 aliphatic rings. The Balaban J connectivity index is 0.000000357. The zero-order valence-corrected chi connectivity index (χ0v) is 28.2. The zero-order valence-electron chi connectivity index (χ0n) is 23.1. The number of allylic oxidation sites excluding steroid dienone is 2. The minimum absolute atomic E-state index is 0. The van der Waals surface area contributed by atoms with Crippen LogP contribution in [-0.2, 0) is 30.3 Å². The summed E-state index contributed by atoms with van der Waals surface area (Å²) in [4.78, 5) is 0. The molecule has 0 bridgehead atoms. The smallest absolute Gasteiger partial charge is 0.172 e. The van der Waals surface area contributed by atoms with Crippen LogP contribution in [0.25, 0.3) is 0 Å². The Morgan fingerprint density at radius 2 is 1.56 bits per heavy atom. The van der Waals surface area contributed by atoms with Crippen molar-refractivity contribution in [2.45, 2.75) is 86.0 Å². The van der Waals surface area contributed by atoms with Crippen LogP contribution < -0.4 is 24.8 Å². The average Bonchev–Trinajstić information content (AvgIpc) is 3.49. The second kappa shape index (κ2) is 13.5. The zero-order chi connectivity index (χ0) is 24.5. The number of hydrogen-bond acceptors (Lipinski definition) is 0. The van der Waals surface area contributed by atoms with Gasteiger partial charge in [0.05, 0.1) is 0 Å². The van der Waals surface area contributed by atoms with Gasteiger partial charge in [0.2, 0.25) is 0 Å². The van der Waals surface area contributed by atoms with E-state index in [-0.39, 0.29) is 24.8 Å². The summed E-state index contributed by atoms with van der Waals surface area (Å²) in [7, 11) is 0. The van der Waals surface area contributed by atoms with E-state index in [4.69, 9.17) is 0 Å². The van der Waals surface area contributed by atoms with E-state index in [2.05, 4.69) is 65.8 Å². The molecule has 0 aromatic heterocycles. The SMILES string of the molecule is C[C-]1C2=C3Cc4ccccc4C3C3CCCCC3C2CC(C)C1(C)C.C[C](C)=[Hf+2].[Cl-].[Cl-].c1cc[cH-]c1. The van der Waals surface area contributed by atoms with Crippen molar-refractivity contribution in [2.75, 3.05) is 0 Å². The molecule has 36 heavy (non-hydrogen) atoms. The molecule has 3 heteroatoms. The molecule has 0 spiro atoms. The number of benzene rings is 1. The van der Waals surface area contributed by atoms with E-state index in [1.165, 1.54) is 62.4 Å². The van der Waals surface area contributed by atoms with Crippen LogP contribution in [0.2, 0.25) is 0 Å². The molecule has 0 radical (unpaired) electrons. The van der Waals surface area contributed by atoms with Crippen molar-refractivity contribution in [1.29, 1.82) is 0 Å². The Kier molecular flexibility index (Phi) is 11.9.